The molecule has 2 aromatic heterocycles. The number of carbonyl (C=O) groups excluding carboxylic acids is 1. The number of aromatic nitrogens is 2. The van der Waals surface area contributed by atoms with Gasteiger partial charge in [0.05, 0.1) is 28.6 Å². The van der Waals surface area contributed by atoms with Crippen molar-refractivity contribution in [2.45, 2.75) is 12.6 Å². The molecule has 0 atom stereocenters. The summed E-state index contributed by atoms with van der Waals surface area (Å²) in [5.41, 5.74) is -1.17. The van der Waals surface area contributed by atoms with E-state index in [1.165, 1.54) is 18.3 Å². The molecular weight excluding hydrogens is 439 g/mol. The lowest BCUT2D eigenvalue weighted by atomic mass is 10.1. The van der Waals surface area contributed by atoms with Gasteiger partial charge in [-0.15, -0.1) is 11.3 Å². The van der Waals surface area contributed by atoms with Crippen LogP contribution in [0.3, 0.4) is 0 Å². The van der Waals surface area contributed by atoms with E-state index in [1.807, 2.05) is 0 Å². The largest absolute Gasteiger partial charge is 0.442 e. The third-order valence-corrected chi connectivity index (χ3v) is 5.45. The van der Waals surface area contributed by atoms with Crippen molar-refractivity contribution in [3.63, 3.8) is 0 Å². The molecule has 0 bridgehead atoms. The van der Waals surface area contributed by atoms with E-state index in [4.69, 9.17) is 4.42 Å². The van der Waals surface area contributed by atoms with Gasteiger partial charge in [0.25, 0.3) is 0 Å². The first-order valence-electron chi connectivity index (χ1n) is 8.77. The number of nitrogens with zero attached hydrogens (tertiary/aromatic N) is 2. The van der Waals surface area contributed by atoms with Gasteiger partial charge in [0, 0.05) is 0 Å². The van der Waals surface area contributed by atoms with Crippen LogP contribution in [0, 0.1) is 11.6 Å². The summed E-state index contributed by atoms with van der Waals surface area (Å²) in [6.07, 6.45) is -2.53. The second-order valence-corrected chi connectivity index (χ2v) is 7.51. The second kappa shape index (κ2) is 8.03. The van der Waals surface area contributed by atoms with E-state index in [9.17, 15) is 26.7 Å². The second-order valence-electron chi connectivity index (χ2n) is 6.43. The highest BCUT2D eigenvalue weighted by Crippen LogP contribution is 2.39. The fourth-order valence-electron chi connectivity index (χ4n) is 2.96. The number of ketones is 1. The maximum absolute atomic E-state index is 13.9. The zero-order chi connectivity index (χ0) is 22.2. The molecule has 158 valence electrons. The van der Waals surface area contributed by atoms with E-state index in [-0.39, 0.29) is 22.0 Å². The van der Waals surface area contributed by atoms with Crippen LogP contribution >= 0.6 is 11.3 Å². The lowest BCUT2D eigenvalue weighted by molar-refractivity contribution is -0.137. The normalized spacial score (nSPS) is 11.6. The molecule has 4 aromatic rings. The van der Waals surface area contributed by atoms with Gasteiger partial charge >= 0.3 is 6.18 Å². The molecule has 0 N–H and O–H groups in total. The molecule has 0 fully saturated rings. The topological polar surface area (TPSA) is 56.0 Å². The fraction of sp³-hybridized carbons (Fsp3) is 0.0952. The number of hydrogen-bond acceptors (Lipinski definition) is 5. The van der Waals surface area contributed by atoms with Crippen molar-refractivity contribution < 1.29 is 31.2 Å². The third-order valence-electron chi connectivity index (χ3n) is 4.34. The SMILES string of the molecule is O=C(Cc1nc(-c2cnco2)c(-c2cccc(C(F)(F)F)c2)s1)c1c(F)cccc1F. The molecule has 0 spiro atoms. The van der Waals surface area contributed by atoms with Crippen LogP contribution in [0.5, 0.6) is 0 Å². The van der Waals surface area contributed by atoms with Crippen molar-refractivity contribution >= 4 is 17.1 Å². The smallest absolute Gasteiger partial charge is 0.416 e. The first-order valence-corrected chi connectivity index (χ1v) is 9.59. The average Bonchev–Trinajstić information content (AvgIpc) is 3.37. The number of carbonyl (C=O) groups is 1. The highest BCUT2D eigenvalue weighted by molar-refractivity contribution is 7.15. The minimum atomic E-state index is -4.55. The molecule has 0 saturated heterocycles. The Balaban J connectivity index is 1.76. The Morgan fingerprint density at radius 2 is 1.77 bits per heavy atom. The van der Waals surface area contributed by atoms with Gasteiger partial charge in [0.1, 0.15) is 22.3 Å². The summed E-state index contributed by atoms with van der Waals surface area (Å²) in [6, 6.07) is 7.67. The van der Waals surface area contributed by atoms with Gasteiger partial charge in [0.15, 0.2) is 17.9 Å². The van der Waals surface area contributed by atoms with Crippen LogP contribution in [0.25, 0.3) is 21.9 Å². The first kappa shape index (κ1) is 20.9. The highest BCUT2D eigenvalue weighted by atomic mass is 32.1. The van der Waals surface area contributed by atoms with Crippen molar-refractivity contribution in [1.82, 2.24) is 9.97 Å². The Labute approximate surface area is 176 Å². The number of benzene rings is 2. The summed E-state index contributed by atoms with van der Waals surface area (Å²) in [4.78, 5) is 20.9. The van der Waals surface area contributed by atoms with Crippen molar-refractivity contribution in [3.05, 3.63) is 82.8 Å². The highest BCUT2D eigenvalue weighted by Gasteiger charge is 2.31. The Morgan fingerprint density at radius 1 is 1.06 bits per heavy atom. The maximum Gasteiger partial charge on any atom is 0.416 e. The monoisotopic (exact) mass is 450 g/mol. The molecule has 4 rings (SSSR count). The average molecular weight is 450 g/mol. The van der Waals surface area contributed by atoms with Crippen LogP contribution in [0.4, 0.5) is 22.0 Å². The fourth-order valence-corrected chi connectivity index (χ4v) is 4.03. The van der Waals surface area contributed by atoms with Crippen molar-refractivity contribution in [1.29, 1.82) is 0 Å². The molecule has 2 aromatic carbocycles. The van der Waals surface area contributed by atoms with E-state index < -0.39 is 41.1 Å². The molecule has 4 nitrogen and oxygen atoms in total. The van der Waals surface area contributed by atoms with Crippen LogP contribution in [-0.2, 0) is 12.6 Å². The zero-order valence-corrected chi connectivity index (χ0v) is 16.2. The van der Waals surface area contributed by atoms with Gasteiger partial charge in [-0.1, -0.05) is 18.2 Å². The lowest BCUT2D eigenvalue weighted by Gasteiger charge is -2.08. The van der Waals surface area contributed by atoms with Crippen LogP contribution in [-0.4, -0.2) is 15.8 Å². The summed E-state index contributed by atoms with van der Waals surface area (Å²) >= 11 is 0.933. The summed E-state index contributed by atoms with van der Waals surface area (Å²) < 4.78 is 72.5. The summed E-state index contributed by atoms with van der Waals surface area (Å²) in [7, 11) is 0. The zero-order valence-electron chi connectivity index (χ0n) is 15.4. The number of alkyl halides is 3. The van der Waals surface area contributed by atoms with Gasteiger partial charge in [-0.3, -0.25) is 4.79 Å². The van der Waals surface area contributed by atoms with E-state index in [0.717, 1.165) is 48.1 Å². The van der Waals surface area contributed by atoms with Crippen molar-refractivity contribution in [3.8, 4) is 21.9 Å². The van der Waals surface area contributed by atoms with Crippen molar-refractivity contribution in [2.24, 2.45) is 0 Å². The standard InChI is InChI=1S/C21H11F5N2O2S/c22-13-5-2-6-14(23)18(13)15(29)8-17-28-19(16-9-27-10-30-16)20(31-17)11-3-1-4-12(7-11)21(24,25)26/h1-7,9-10H,8H2. The molecule has 10 heteroatoms. The number of Topliss-reactive ketones (excluding diaryl/α,β-unsaturated/α-hetero) is 1. The summed E-state index contributed by atoms with van der Waals surface area (Å²) in [5.74, 6) is -2.67. The number of halogens is 5. The van der Waals surface area contributed by atoms with Gasteiger partial charge in [-0.05, 0) is 29.8 Å². The van der Waals surface area contributed by atoms with Gasteiger partial charge in [-0.25, -0.2) is 18.7 Å². The predicted octanol–water partition coefficient (Wildman–Crippen LogP) is 6.19. The van der Waals surface area contributed by atoms with Gasteiger partial charge in [0.2, 0.25) is 0 Å². The van der Waals surface area contributed by atoms with Crippen LogP contribution in [0.15, 0.2) is 59.5 Å². The summed E-state index contributed by atoms with van der Waals surface area (Å²) in [5, 5.41) is 0.159. The molecule has 0 aliphatic rings. The van der Waals surface area contributed by atoms with E-state index in [2.05, 4.69) is 9.97 Å². The first-order chi connectivity index (χ1) is 14.7. The van der Waals surface area contributed by atoms with Gasteiger partial charge in [-0.2, -0.15) is 13.2 Å². The van der Waals surface area contributed by atoms with Gasteiger partial charge < -0.3 is 4.42 Å². The third kappa shape index (κ3) is 4.24. The molecule has 0 aliphatic carbocycles. The molecule has 0 amide bonds. The Bertz CT molecular complexity index is 1230. The minimum Gasteiger partial charge on any atom is -0.442 e. The number of thiazole rings is 1. The molecule has 0 saturated carbocycles. The number of oxazole rings is 1. The van der Waals surface area contributed by atoms with E-state index in [1.54, 1.807) is 0 Å². The Hall–Kier alpha value is -3.40. The summed E-state index contributed by atoms with van der Waals surface area (Å²) in [6.45, 7) is 0. The minimum absolute atomic E-state index is 0.159. The Kier molecular flexibility index (Phi) is 5.40. The predicted molar refractivity (Wildman–Crippen MR) is 102 cm³/mol. The van der Waals surface area contributed by atoms with Crippen molar-refractivity contribution in [2.75, 3.05) is 0 Å². The van der Waals surface area contributed by atoms with Crippen LogP contribution < -0.4 is 0 Å². The van der Waals surface area contributed by atoms with E-state index >= 15 is 0 Å². The van der Waals surface area contributed by atoms with Crippen LogP contribution in [0.1, 0.15) is 20.9 Å². The molecule has 0 radical (unpaired) electrons. The quantitative estimate of drug-likeness (QED) is 0.269. The number of rotatable bonds is 5. The maximum atomic E-state index is 13.9. The van der Waals surface area contributed by atoms with Crippen LogP contribution in [0.2, 0.25) is 0 Å². The number of hydrogen-bond donors (Lipinski definition) is 0. The lowest BCUT2D eigenvalue weighted by Crippen LogP contribution is -2.08. The molecular formula is C21H11F5N2O2S. The molecule has 2 heterocycles. The molecule has 0 unspecified atom stereocenters. The van der Waals surface area contributed by atoms with E-state index in [0.29, 0.717) is 4.88 Å². The molecule has 31 heavy (non-hydrogen) atoms. The Morgan fingerprint density at radius 3 is 2.42 bits per heavy atom. The molecule has 0 aliphatic heterocycles.